The molecule has 1 rings (SSSR count). The first kappa shape index (κ1) is 19.0. The van der Waals surface area contributed by atoms with Gasteiger partial charge in [-0.15, -0.1) is 0 Å². The second kappa shape index (κ2) is 5.54. The number of hydrogen-bond donors (Lipinski definition) is 6. The van der Waals surface area contributed by atoms with E-state index < -0.39 is 58.4 Å². The van der Waals surface area contributed by atoms with Gasteiger partial charge >= 0.3 is 40.1 Å². The number of rotatable bonds is 3. The van der Waals surface area contributed by atoms with Gasteiger partial charge in [-0.05, 0) is 0 Å². The van der Waals surface area contributed by atoms with Gasteiger partial charge in [-0.1, -0.05) is 13.7 Å². The smallest absolute Gasteiger partial charge is 0.370 e. The first-order valence-corrected chi connectivity index (χ1v) is 8.48. The normalized spacial score (nSPS) is 49.6. The average Bonchev–Trinajstić information content (AvgIpc) is 2.39. The van der Waals surface area contributed by atoms with Crippen molar-refractivity contribution < 1.29 is 59.0 Å². The largest absolute Gasteiger partial charge is 0.593 e. The first-order chi connectivity index (χ1) is 9.30. The van der Waals surface area contributed by atoms with Crippen molar-refractivity contribution in [3.05, 3.63) is 0 Å². The fourth-order valence-corrected chi connectivity index (χ4v) is 4.89. The second-order valence-corrected chi connectivity index (χ2v) is 7.92. The highest BCUT2D eigenvalue weighted by Crippen LogP contribution is 2.61. The summed E-state index contributed by atoms with van der Waals surface area (Å²) in [4.78, 5) is 33.0. The molecule has 1 saturated carbocycles. The molecule has 0 aliphatic heterocycles. The van der Waals surface area contributed by atoms with E-state index in [1.807, 2.05) is 0 Å². The van der Waals surface area contributed by atoms with Gasteiger partial charge in [0.25, 0.3) is 0 Å². The summed E-state index contributed by atoms with van der Waals surface area (Å²) in [5.74, 6) is 0. The maximum Gasteiger partial charge on any atom is 0.370 e. The van der Waals surface area contributed by atoms with E-state index in [4.69, 9.17) is 0 Å². The van der Waals surface area contributed by atoms with Crippen molar-refractivity contribution in [2.24, 2.45) is 0 Å². The third-order valence-corrected chi connectivity index (χ3v) is 6.90. The molecule has 1 aliphatic rings. The molecule has 0 aromatic heterocycles. The topological polar surface area (TPSA) is 242 Å². The van der Waals surface area contributed by atoms with Crippen LogP contribution in [0.15, 0.2) is 0 Å². The Morgan fingerprint density at radius 1 is 0.714 bits per heavy atom. The van der Waals surface area contributed by atoms with Crippen molar-refractivity contribution in [2.45, 2.75) is 34.3 Å². The Kier molecular flexibility index (Phi) is 5.01. The maximum absolute atomic E-state index is 11.1. The number of hydrogen-bond acceptors (Lipinski definition) is 12. The lowest BCUT2D eigenvalue weighted by molar-refractivity contribution is -0.306. The van der Waals surface area contributed by atoms with E-state index in [-0.39, 0.29) is 0 Å². The molecule has 1 fully saturated rings. The van der Waals surface area contributed by atoms with Crippen LogP contribution in [0, 0.1) is 0 Å². The molecule has 15 heteroatoms. The molecule has 0 saturated heterocycles. The van der Waals surface area contributed by atoms with Crippen LogP contribution in [0.25, 0.3) is 0 Å². The van der Waals surface area contributed by atoms with E-state index >= 15 is 0 Å². The molecule has 0 aromatic rings. The molecule has 6 N–H and O–H groups in total. The van der Waals surface area contributed by atoms with Gasteiger partial charge in [0.05, 0.1) is 0 Å². The van der Waals surface area contributed by atoms with Crippen molar-refractivity contribution >= 4 is 24.1 Å². The fourth-order valence-electron chi connectivity index (χ4n) is 2.01. The first-order valence-electron chi connectivity index (χ1n) is 4.95. The van der Waals surface area contributed by atoms with Crippen molar-refractivity contribution in [3.8, 4) is 0 Å². The van der Waals surface area contributed by atoms with Crippen LogP contribution in [-0.2, 0) is 13.7 Å². The van der Waals surface area contributed by atoms with Crippen LogP contribution < -0.4 is 14.7 Å². The van der Waals surface area contributed by atoms with E-state index in [1.54, 1.807) is 0 Å². The summed E-state index contributed by atoms with van der Waals surface area (Å²) in [5.41, 5.74) is 0. The predicted octanol–water partition coefficient (Wildman–Crippen LogP) is -5.54. The molecule has 0 bridgehead atoms. The van der Waals surface area contributed by atoms with Gasteiger partial charge in [0.2, 0.25) is 6.10 Å². The molecule has 1 aliphatic carbocycles. The summed E-state index contributed by atoms with van der Waals surface area (Å²) in [6, 6.07) is 0. The average molecular weight is 366 g/mol. The minimum absolute atomic E-state index is 3.03. The quantitative estimate of drug-likeness (QED) is 0.256. The predicted molar refractivity (Wildman–Crippen MR) is 55.7 cm³/mol. The van der Waals surface area contributed by atoms with E-state index in [0.717, 1.165) is 0 Å². The minimum Gasteiger partial charge on any atom is -0.593 e. The highest BCUT2D eigenvalue weighted by atomic mass is 31.1. The molecule has 12 nitrogen and oxygen atoms in total. The highest BCUT2D eigenvalue weighted by molar-refractivity contribution is 7.44. The van der Waals surface area contributed by atoms with E-state index in [1.165, 1.54) is 0 Å². The highest BCUT2D eigenvalue weighted by Gasteiger charge is 2.88. The zero-order valence-electron chi connectivity index (χ0n) is 9.71. The third-order valence-electron chi connectivity index (χ3n) is 3.32. The Morgan fingerprint density at radius 3 is 1.38 bits per heavy atom. The number of aliphatic hydroxyl groups excluding tert-OH is 3. The van der Waals surface area contributed by atoms with Crippen LogP contribution in [0.3, 0.4) is 0 Å². The molecule has 0 heterocycles. The lowest BCUT2D eigenvalue weighted by Crippen LogP contribution is -2.79. The third kappa shape index (κ3) is 2.13. The lowest BCUT2D eigenvalue weighted by atomic mass is 9.83. The Balaban J connectivity index is 3.74. The molecule has 0 radical (unpaired) electrons. The van der Waals surface area contributed by atoms with Crippen molar-refractivity contribution in [1.82, 2.24) is 0 Å². The zero-order valence-corrected chi connectivity index (χ0v) is 12.4. The summed E-state index contributed by atoms with van der Waals surface area (Å²) in [7, 11) is -13.2. The molecule has 21 heavy (non-hydrogen) atoms. The SMILES string of the molecule is O=[P+]([O-])[C@]1(O)[C@H](O)[C@H](O)[C@@](O)([P+](=O)[O-])[C@@](O)([P+](=O)[O-])[C@H]1O. The summed E-state index contributed by atoms with van der Waals surface area (Å²) in [5, 5.41) is 45.7. The fraction of sp³-hybridized carbons (Fsp3) is 1.00. The summed E-state index contributed by atoms with van der Waals surface area (Å²) < 4.78 is 33.0. The molecular weight excluding hydrogens is 357 g/mol. The van der Waals surface area contributed by atoms with E-state index in [0.29, 0.717) is 0 Å². The van der Waals surface area contributed by atoms with Gasteiger partial charge in [-0.2, -0.15) is 0 Å². The molecule has 0 spiro atoms. The maximum atomic E-state index is 11.1. The van der Waals surface area contributed by atoms with Crippen LogP contribution >= 0.6 is 24.1 Å². The van der Waals surface area contributed by atoms with Gasteiger partial charge in [-0.3, -0.25) is 0 Å². The molecule has 3 unspecified atom stereocenters. The van der Waals surface area contributed by atoms with Crippen molar-refractivity contribution in [1.29, 1.82) is 0 Å². The minimum atomic E-state index is -4.52. The van der Waals surface area contributed by atoms with Crippen molar-refractivity contribution in [2.75, 3.05) is 0 Å². The van der Waals surface area contributed by atoms with Crippen molar-refractivity contribution in [3.63, 3.8) is 0 Å². The van der Waals surface area contributed by atoms with Crippen LogP contribution in [0.1, 0.15) is 0 Å². The van der Waals surface area contributed by atoms with E-state index in [9.17, 15) is 59.0 Å². The van der Waals surface area contributed by atoms with Gasteiger partial charge in [0.15, 0.2) is 12.2 Å². The Labute approximate surface area is 118 Å². The monoisotopic (exact) mass is 366 g/mol. The van der Waals surface area contributed by atoms with Gasteiger partial charge < -0.3 is 45.3 Å². The Bertz CT molecular complexity index is 511. The van der Waals surface area contributed by atoms with Crippen LogP contribution in [-0.4, -0.2) is 65.0 Å². The molecule has 120 valence electrons. The van der Waals surface area contributed by atoms with Crippen LogP contribution in [0.5, 0.6) is 0 Å². The Hall–Kier alpha value is -0.0600. The lowest BCUT2D eigenvalue weighted by Gasteiger charge is -2.46. The van der Waals surface area contributed by atoms with Crippen LogP contribution in [0.4, 0.5) is 0 Å². The van der Waals surface area contributed by atoms with Crippen LogP contribution in [0.2, 0.25) is 0 Å². The molecule has 0 aromatic carbocycles. The second-order valence-electron chi connectivity index (χ2n) is 4.30. The van der Waals surface area contributed by atoms with Gasteiger partial charge in [0, 0.05) is 0 Å². The molecule has 9 atom stereocenters. The standard InChI is InChI=1S/C6H9O12P3/c7-1-2(8)5(11,20(15)16)6(12,21(17)18)3(9)4(1,10)19(13)14/h1-3,7-12H/t1-,2+,3+,4-,5-,6+/m1/s1. The van der Waals surface area contributed by atoms with E-state index in [2.05, 4.69) is 0 Å². The summed E-state index contributed by atoms with van der Waals surface area (Å²) >= 11 is 0. The van der Waals surface area contributed by atoms with Gasteiger partial charge in [-0.25, -0.2) is 0 Å². The summed E-state index contributed by atoms with van der Waals surface area (Å²) in [6.45, 7) is 0. The zero-order chi connectivity index (χ0) is 17.0. The Morgan fingerprint density at radius 2 is 1.10 bits per heavy atom. The summed E-state index contributed by atoms with van der Waals surface area (Å²) in [6.07, 6.45) is -9.57. The molecule has 0 amide bonds. The van der Waals surface area contributed by atoms with Gasteiger partial charge in [0.1, 0.15) is 0 Å². The number of aliphatic hydroxyl groups is 6. The molecular formula is C6H9O12P3.